The fourth-order valence-corrected chi connectivity index (χ4v) is 2.85. The van der Waals surface area contributed by atoms with Crippen molar-refractivity contribution in [3.05, 3.63) is 33.8 Å². The lowest BCUT2D eigenvalue weighted by molar-refractivity contribution is -0.146. The second kappa shape index (κ2) is 6.89. The molecule has 0 radical (unpaired) electrons. The van der Waals surface area contributed by atoms with Crippen LogP contribution >= 0.6 is 15.9 Å². The Morgan fingerprint density at radius 3 is 2.54 bits per heavy atom. The number of rotatable bonds is 3. The van der Waals surface area contributed by atoms with E-state index in [0.29, 0.717) is 17.7 Å². The molecular weight excluding hydrogens is 374 g/mol. The zero-order valence-corrected chi connectivity index (χ0v) is 15.7. The summed E-state index contributed by atoms with van der Waals surface area (Å²) in [7, 11) is 0. The Bertz CT molecular complexity index is 744. The first-order valence-corrected chi connectivity index (χ1v) is 8.48. The third-order valence-electron chi connectivity index (χ3n) is 3.51. The van der Waals surface area contributed by atoms with Gasteiger partial charge in [0.25, 0.3) is 0 Å². The zero-order chi connectivity index (χ0) is 18.1. The number of carbonyl (C=O) groups excluding carboxylic acids is 1. The molecule has 24 heavy (non-hydrogen) atoms. The monoisotopic (exact) mass is 393 g/mol. The number of benzene rings is 1. The fourth-order valence-electron chi connectivity index (χ4n) is 2.50. The molecule has 1 N–H and O–H groups in total. The Morgan fingerprint density at radius 1 is 1.33 bits per heavy atom. The van der Waals surface area contributed by atoms with E-state index in [-0.39, 0.29) is 11.3 Å². The summed E-state index contributed by atoms with van der Waals surface area (Å²) < 4.78 is 6.24. The average molecular weight is 394 g/mol. The van der Waals surface area contributed by atoms with Crippen LogP contribution in [0.4, 0.5) is 5.69 Å². The van der Waals surface area contributed by atoms with Crippen LogP contribution in [0.3, 0.4) is 0 Å². The normalized spacial score (nSPS) is 17.3. The molecule has 128 valence electrons. The Hall–Kier alpha value is -1.95. The average Bonchev–Trinajstić information content (AvgIpc) is 2.61. The second-order valence-electron chi connectivity index (χ2n) is 6.57. The van der Waals surface area contributed by atoms with Crippen molar-refractivity contribution in [1.29, 1.82) is 0 Å². The van der Waals surface area contributed by atoms with Gasteiger partial charge in [0.05, 0.1) is 5.69 Å². The van der Waals surface area contributed by atoms with Gasteiger partial charge in [-0.15, -0.1) is 0 Å². The quantitative estimate of drug-likeness (QED) is 0.773. The molecule has 0 spiro atoms. The van der Waals surface area contributed by atoms with Gasteiger partial charge >= 0.3 is 11.9 Å². The van der Waals surface area contributed by atoms with Crippen LogP contribution in [0.5, 0.6) is 0 Å². The van der Waals surface area contributed by atoms with Crippen LogP contribution in [0, 0.1) is 5.92 Å². The number of hydrogen-bond acceptors (Lipinski definition) is 4. The van der Waals surface area contributed by atoms with Gasteiger partial charge in [-0.1, -0.05) is 28.9 Å². The van der Waals surface area contributed by atoms with Gasteiger partial charge < -0.3 is 9.84 Å². The molecule has 1 aromatic carbocycles. The Balaban J connectivity index is 2.64. The number of hydrogen-bond donors (Lipinski definition) is 1. The molecule has 0 saturated carbocycles. The van der Waals surface area contributed by atoms with E-state index in [4.69, 9.17) is 4.74 Å². The molecule has 0 amide bonds. The Labute approximate surface area is 149 Å². The summed E-state index contributed by atoms with van der Waals surface area (Å²) in [4.78, 5) is 28.8. The van der Waals surface area contributed by atoms with Crippen LogP contribution in [0.2, 0.25) is 0 Å². The molecule has 0 saturated heterocycles. The van der Waals surface area contributed by atoms with E-state index in [2.05, 4.69) is 20.9 Å². The molecule has 1 aromatic rings. The van der Waals surface area contributed by atoms with Gasteiger partial charge in [0.15, 0.2) is 0 Å². The molecule has 1 unspecified atom stereocenters. The highest BCUT2D eigenvalue weighted by molar-refractivity contribution is 9.10. The molecule has 1 atom stereocenters. The summed E-state index contributed by atoms with van der Waals surface area (Å²) in [5.41, 5.74) is 0.783. The van der Waals surface area contributed by atoms with Crippen molar-refractivity contribution >= 4 is 45.3 Å². The van der Waals surface area contributed by atoms with Gasteiger partial charge in [-0.2, -0.15) is 0 Å². The molecule has 2 rings (SSSR count). The van der Waals surface area contributed by atoms with Crippen molar-refractivity contribution < 1.29 is 19.4 Å². The van der Waals surface area contributed by atoms with E-state index in [1.807, 2.05) is 13.0 Å². The molecule has 5 nitrogen and oxygen atoms in total. The zero-order valence-electron chi connectivity index (χ0n) is 14.1. The highest BCUT2D eigenvalue weighted by Crippen LogP contribution is 2.34. The molecule has 1 aliphatic rings. The smallest absolute Gasteiger partial charge is 0.353 e. The summed E-state index contributed by atoms with van der Waals surface area (Å²) in [5, 5.41) is 9.59. The minimum atomic E-state index is -1.06. The summed E-state index contributed by atoms with van der Waals surface area (Å²) in [6.07, 6.45) is 2.02. The molecule has 6 heteroatoms. The molecule has 1 heterocycles. The highest BCUT2D eigenvalue weighted by atomic mass is 79.9. The van der Waals surface area contributed by atoms with Crippen LogP contribution in [-0.2, 0) is 14.3 Å². The van der Waals surface area contributed by atoms with Gasteiger partial charge in [0, 0.05) is 21.5 Å². The van der Waals surface area contributed by atoms with E-state index >= 15 is 0 Å². The van der Waals surface area contributed by atoms with Crippen LogP contribution in [0.25, 0.3) is 6.08 Å². The van der Waals surface area contributed by atoms with Crippen molar-refractivity contribution in [2.45, 2.75) is 39.7 Å². The van der Waals surface area contributed by atoms with Crippen LogP contribution in [-0.4, -0.2) is 28.4 Å². The number of halogens is 1. The first kappa shape index (κ1) is 18.4. The highest BCUT2D eigenvalue weighted by Gasteiger charge is 2.33. The van der Waals surface area contributed by atoms with Crippen LogP contribution < -0.4 is 0 Å². The van der Waals surface area contributed by atoms with Gasteiger partial charge in [-0.25, -0.2) is 14.6 Å². The lowest BCUT2D eigenvalue weighted by atomic mass is 9.90. The molecular formula is C18H20BrNO4. The van der Waals surface area contributed by atoms with Crippen molar-refractivity contribution in [2.24, 2.45) is 10.9 Å². The largest absolute Gasteiger partial charge is 0.478 e. The third kappa shape index (κ3) is 4.12. The number of carbonyl (C=O) groups is 2. The molecule has 1 aliphatic heterocycles. The molecule has 0 aromatic heterocycles. The summed E-state index contributed by atoms with van der Waals surface area (Å²) in [6, 6.07) is 5.34. The number of aliphatic carboxylic acids is 1. The summed E-state index contributed by atoms with van der Waals surface area (Å²) in [6.45, 7) is 7.12. The maximum Gasteiger partial charge on any atom is 0.353 e. The molecule has 0 fully saturated rings. The van der Waals surface area contributed by atoms with Crippen LogP contribution in [0.1, 0.15) is 39.7 Å². The lowest BCUT2D eigenvalue weighted by Gasteiger charge is -2.23. The number of nitrogens with zero attached hydrogens (tertiary/aromatic N) is 1. The lowest BCUT2D eigenvalue weighted by Crippen LogP contribution is -2.34. The van der Waals surface area contributed by atoms with Gasteiger partial charge in [0.2, 0.25) is 0 Å². The summed E-state index contributed by atoms with van der Waals surface area (Å²) in [5.74, 6) is -2.27. The number of carboxylic acid groups (broad SMARTS) is 1. The predicted octanol–water partition coefficient (Wildman–Crippen LogP) is 4.37. The maximum atomic E-state index is 12.6. The number of esters is 1. The maximum absolute atomic E-state index is 12.6. The first-order valence-electron chi connectivity index (χ1n) is 7.68. The Kier molecular flexibility index (Phi) is 5.28. The Morgan fingerprint density at radius 2 is 2.00 bits per heavy atom. The number of fused-ring (bicyclic) bond motifs is 1. The van der Waals surface area contributed by atoms with E-state index in [0.717, 1.165) is 4.47 Å². The predicted molar refractivity (Wildman–Crippen MR) is 96.5 cm³/mol. The van der Waals surface area contributed by atoms with Gasteiger partial charge in [0.1, 0.15) is 11.3 Å². The van der Waals surface area contributed by atoms with Crippen molar-refractivity contribution in [3.63, 3.8) is 0 Å². The minimum Gasteiger partial charge on any atom is -0.478 e. The molecule has 0 bridgehead atoms. The van der Waals surface area contributed by atoms with Crippen molar-refractivity contribution in [3.8, 4) is 0 Å². The standard InChI is InChI=1S/C18H20BrNO4/c1-5-12-13(16(21)22)8-10-6-7-11(19)9-14(10)20-15(12)17(23)24-18(2,3)4/h6-9,12H,5H2,1-4H3,(H,21,22). The van der Waals surface area contributed by atoms with Crippen LogP contribution in [0.15, 0.2) is 33.2 Å². The first-order chi connectivity index (χ1) is 11.1. The third-order valence-corrected chi connectivity index (χ3v) is 4.01. The molecule has 0 aliphatic carbocycles. The van der Waals surface area contributed by atoms with E-state index in [9.17, 15) is 14.7 Å². The van der Waals surface area contributed by atoms with Gasteiger partial charge in [-0.05, 0) is 45.4 Å². The van der Waals surface area contributed by atoms with E-state index in [1.54, 1.807) is 39.0 Å². The number of carboxylic acids is 1. The minimum absolute atomic E-state index is 0.123. The fraction of sp³-hybridized carbons (Fsp3) is 0.389. The number of ether oxygens (including phenoxy) is 1. The van der Waals surface area contributed by atoms with Gasteiger partial charge in [-0.3, -0.25) is 0 Å². The van der Waals surface area contributed by atoms with E-state index in [1.165, 1.54) is 0 Å². The van der Waals surface area contributed by atoms with Crippen molar-refractivity contribution in [2.75, 3.05) is 0 Å². The topological polar surface area (TPSA) is 76.0 Å². The second-order valence-corrected chi connectivity index (χ2v) is 7.48. The summed E-state index contributed by atoms with van der Waals surface area (Å²) >= 11 is 3.38. The van der Waals surface area contributed by atoms with Crippen molar-refractivity contribution in [1.82, 2.24) is 0 Å². The SMILES string of the molecule is CCC1C(C(=O)O)=Cc2ccc(Br)cc2N=C1C(=O)OC(C)(C)C. The van der Waals surface area contributed by atoms with E-state index < -0.39 is 23.5 Å². The number of aliphatic imine (C=N–C) groups is 1.